The number of esters is 1. The van der Waals surface area contributed by atoms with Crippen LogP contribution >= 0.6 is 0 Å². The highest BCUT2D eigenvalue weighted by Gasteiger charge is 2.26. The molecule has 0 saturated carbocycles. The number of rotatable bonds is 4. The molecule has 0 aliphatic heterocycles. The van der Waals surface area contributed by atoms with E-state index in [-0.39, 0.29) is 0 Å². The topological polar surface area (TPSA) is 38.3 Å². The van der Waals surface area contributed by atoms with Crippen molar-refractivity contribution in [3.05, 3.63) is 0 Å². The molecule has 1 atom stereocenters. The summed E-state index contributed by atoms with van der Waals surface area (Å²) in [6, 6.07) is -0.936. The van der Waals surface area contributed by atoms with Crippen molar-refractivity contribution in [1.82, 2.24) is 5.32 Å². The van der Waals surface area contributed by atoms with E-state index < -0.39 is 30.5 Å². The summed E-state index contributed by atoms with van der Waals surface area (Å²) in [5.74, 6) is -0.639. The molecule has 0 aliphatic rings. The Kier molecular flexibility index (Phi) is 4.97. The summed E-state index contributed by atoms with van der Waals surface area (Å²) in [6.07, 6.45) is -3.04. The number of carbonyl (C=O) groups excluding carboxylic acids is 1. The number of nitrogens with one attached hydrogen (secondary N) is 1. The zero-order valence-electron chi connectivity index (χ0n) is 8.93. The molecule has 0 aromatic heterocycles. The van der Waals surface area contributed by atoms with Crippen LogP contribution in [0.5, 0.6) is 0 Å². The van der Waals surface area contributed by atoms with Crippen LogP contribution in [0, 0.1) is 0 Å². The van der Waals surface area contributed by atoms with Gasteiger partial charge >= 0.3 is 5.97 Å². The molecule has 0 fully saturated rings. The number of likely N-dealkylation sites (N-methyl/N-ethyl adjacent to an activating group) is 1. The quantitative estimate of drug-likeness (QED) is 0.714. The molecular formula is C9H17F2NO2. The van der Waals surface area contributed by atoms with Gasteiger partial charge in [0.05, 0.1) is 0 Å². The van der Waals surface area contributed by atoms with Crippen LogP contribution in [0.3, 0.4) is 0 Å². The lowest BCUT2D eigenvalue weighted by Gasteiger charge is -2.23. The van der Waals surface area contributed by atoms with Gasteiger partial charge in [0, 0.05) is 6.42 Å². The maximum atomic E-state index is 12.0. The fourth-order valence-corrected chi connectivity index (χ4v) is 0.883. The van der Waals surface area contributed by atoms with E-state index in [9.17, 15) is 13.6 Å². The van der Waals surface area contributed by atoms with Crippen molar-refractivity contribution in [2.45, 2.75) is 45.3 Å². The van der Waals surface area contributed by atoms with Gasteiger partial charge in [-0.05, 0) is 27.8 Å². The van der Waals surface area contributed by atoms with Crippen molar-refractivity contribution in [2.24, 2.45) is 0 Å². The van der Waals surface area contributed by atoms with Crippen molar-refractivity contribution in [3.8, 4) is 0 Å². The minimum absolute atomic E-state index is 0.522. The van der Waals surface area contributed by atoms with Crippen molar-refractivity contribution >= 4 is 5.97 Å². The molecule has 1 unspecified atom stereocenters. The summed E-state index contributed by atoms with van der Waals surface area (Å²) in [4.78, 5) is 11.3. The minimum Gasteiger partial charge on any atom is -0.459 e. The third kappa shape index (κ3) is 5.85. The molecule has 5 heteroatoms. The second-order valence-corrected chi connectivity index (χ2v) is 4.00. The molecule has 0 aromatic rings. The number of halogens is 2. The third-order valence-corrected chi connectivity index (χ3v) is 1.45. The summed E-state index contributed by atoms with van der Waals surface area (Å²) < 4.78 is 29.0. The first-order chi connectivity index (χ1) is 6.26. The molecule has 0 aromatic carbocycles. The number of alkyl halides is 2. The smallest absolute Gasteiger partial charge is 0.323 e. The number of hydrogen-bond acceptors (Lipinski definition) is 3. The Hall–Kier alpha value is -0.710. The second-order valence-electron chi connectivity index (χ2n) is 4.00. The number of ether oxygens (including phenoxy) is 1. The highest BCUT2D eigenvalue weighted by molar-refractivity contribution is 5.76. The highest BCUT2D eigenvalue weighted by atomic mass is 19.3. The zero-order valence-corrected chi connectivity index (χ0v) is 8.93. The first-order valence-corrected chi connectivity index (χ1v) is 4.44. The van der Waals surface area contributed by atoms with E-state index in [2.05, 4.69) is 5.32 Å². The highest BCUT2D eigenvalue weighted by Crippen LogP contribution is 2.11. The molecule has 3 nitrogen and oxygen atoms in total. The average Bonchev–Trinajstić information content (AvgIpc) is 1.96. The van der Waals surface area contributed by atoms with E-state index >= 15 is 0 Å². The molecule has 0 rings (SSSR count). The lowest BCUT2D eigenvalue weighted by molar-refractivity contribution is -0.158. The molecule has 1 N–H and O–H groups in total. The first-order valence-electron chi connectivity index (χ1n) is 4.44. The average molecular weight is 209 g/mol. The SMILES string of the molecule is CNC(CC(F)F)C(=O)OC(C)(C)C. The van der Waals surface area contributed by atoms with Gasteiger partial charge in [-0.15, -0.1) is 0 Å². The predicted octanol–water partition coefficient (Wildman–Crippen LogP) is 1.57. The van der Waals surface area contributed by atoms with E-state index in [1.807, 2.05) is 0 Å². The maximum Gasteiger partial charge on any atom is 0.323 e. The Labute approximate surface area is 82.8 Å². The second kappa shape index (κ2) is 5.24. The number of carbonyl (C=O) groups is 1. The standard InChI is InChI=1S/C9H17F2NO2/c1-9(2,3)14-8(13)6(12-4)5-7(10)11/h6-7,12H,5H2,1-4H3. The molecule has 0 saturated heterocycles. The van der Waals surface area contributed by atoms with Gasteiger partial charge in [-0.2, -0.15) is 0 Å². The Balaban J connectivity index is 4.18. The van der Waals surface area contributed by atoms with E-state index in [0.717, 1.165) is 0 Å². The van der Waals surface area contributed by atoms with Crippen molar-refractivity contribution < 1.29 is 18.3 Å². The van der Waals surface area contributed by atoms with Crippen molar-refractivity contribution in [1.29, 1.82) is 0 Å². The van der Waals surface area contributed by atoms with Gasteiger partial charge in [0.1, 0.15) is 11.6 Å². The van der Waals surface area contributed by atoms with Crippen LogP contribution < -0.4 is 5.32 Å². The van der Waals surface area contributed by atoms with Crippen LogP contribution in [0.2, 0.25) is 0 Å². The fraction of sp³-hybridized carbons (Fsp3) is 0.889. The third-order valence-electron chi connectivity index (χ3n) is 1.45. The fourth-order valence-electron chi connectivity index (χ4n) is 0.883. The molecule has 0 bridgehead atoms. The largest absolute Gasteiger partial charge is 0.459 e. The van der Waals surface area contributed by atoms with Crippen LogP contribution in [0.25, 0.3) is 0 Å². The van der Waals surface area contributed by atoms with Crippen molar-refractivity contribution in [3.63, 3.8) is 0 Å². The zero-order chi connectivity index (χ0) is 11.4. The summed E-state index contributed by atoms with van der Waals surface area (Å²) in [5, 5.41) is 2.50. The molecule has 0 heterocycles. The Bertz CT molecular complexity index is 190. The van der Waals surface area contributed by atoms with Gasteiger partial charge in [-0.3, -0.25) is 4.79 Å². The van der Waals surface area contributed by atoms with Crippen LogP contribution in [-0.2, 0) is 9.53 Å². The van der Waals surface area contributed by atoms with Gasteiger partial charge in [0.15, 0.2) is 0 Å². The summed E-state index contributed by atoms with van der Waals surface area (Å²) in [7, 11) is 1.46. The van der Waals surface area contributed by atoms with E-state index in [1.165, 1.54) is 7.05 Å². The van der Waals surface area contributed by atoms with E-state index in [4.69, 9.17) is 4.74 Å². The molecule has 0 radical (unpaired) electrons. The monoisotopic (exact) mass is 209 g/mol. The lowest BCUT2D eigenvalue weighted by Crippen LogP contribution is -2.40. The summed E-state index contributed by atoms with van der Waals surface area (Å²) in [5.41, 5.74) is -0.645. The molecule has 84 valence electrons. The minimum atomic E-state index is -2.51. The predicted molar refractivity (Wildman–Crippen MR) is 49.3 cm³/mol. The summed E-state index contributed by atoms with van der Waals surface area (Å²) >= 11 is 0. The van der Waals surface area contributed by atoms with Crippen LogP contribution in [0.4, 0.5) is 8.78 Å². The lowest BCUT2D eigenvalue weighted by atomic mass is 10.1. The number of hydrogen-bond donors (Lipinski definition) is 1. The van der Waals surface area contributed by atoms with Gasteiger partial charge in [-0.25, -0.2) is 8.78 Å². The van der Waals surface area contributed by atoms with Gasteiger partial charge in [0.25, 0.3) is 0 Å². The van der Waals surface area contributed by atoms with Crippen LogP contribution in [0.15, 0.2) is 0 Å². The van der Waals surface area contributed by atoms with Gasteiger partial charge in [-0.1, -0.05) is 0 Å². The molecule has 14 heavy (non-hydrogen) atoms. The molecule has 0 amide bonds. The maximum absolute atomic E-state index is 12.0. The molecule has 0 aliphatic carbocycles. The normalized spacial score (nSPS) is 14.2. The Morgan fingerprint density at radius 2 is 1.93 bits per heavy atom. The first kappa shape index (κ1) is 13.3. The van der Waals surface area contributed by atoms with E-state index in [1.54, 1.807) is 20.8 Å². The molecular weight excluding hydrogens is 192 g/mol. The van der Waals surface area contributed by atoms with Crippen LogP contribution in [0.1, 0.15) is 27.2 Å². The van der Waals surface area contributed by atoms with Gasteiger partial charge in [0.2, 0.25) is 6.43 Å². The Morgan fingerprint density at radius 3 is 2.21 bits per heavy atom. The van der Waals surface area contributed by atoms with E-state index in [0.29, 0.717) is 0 Å². The van der Waals surface area contributed by atoms with Crippen molar-refractivity contribution in [2.75, 3.05) is 7.05 Å². The van der Waals surface area contributed by atoms with Gasteiger partial charge < -0.3 is 10.1 Å². The summed E-state index contributed by atoms with van der Waals surface area (Å²) in [6.45, 7) is 5.08. The Morgan fingerprint density at radius 1 is 1.43 bits per heavy atom. The van der Waals surface area contributed by atoms with Crippen LogP contribution in [-0.4, -0.2) is 31.1 Å². The molecule has 0 spiro atoms.